The van der Waals surface area contributed by atoms with Gasteiger partial charge in [0.15, 0.2) is 9.84 Å². The van der Waals surface area contributed by atoms with Gasteiger partial charge in [0.2, 0.25) is 0 Å². The van der Waals surface area contributed by atoms with E-state index in [1.54, 1.807) is 0 Å². The number of hydrogen-bond donors (Lipinski definition) is 1. The summed E-state index contributed by atoms with van der Waals surface area (Å²) in [5.41, 5.74) is 6.10. The van der Waals surface area contributed by atoms with Gasteiger partial charge in [0.05, 0.1) is 11.0 Å². The highest BCUT2D eigenvalue weighted by molar-refractivity contribution is 7.92. The monoisotopic (exact) mass is 247 g/mol. The summed E-state index contributed by atoms with van der Waals surface area (Å²) in [6.07, 6.45) is 5.64. The number of sulfone groups is 1. The van der Waals surface area contributed by atoms with E-state index in [0.29, 0.717) is 11.7 Å². The summed E-state index contributed by atoms with van der Waals surface area (Å²) < 4.78 is 23.8. The van der Waals surface area contributed by atoms with Crippen LogP contribution in [0.25, 0.3) is 0 Å². The SMILES string of the molecule is CCC(CC)CC(N)C1CCCCS1(=O)=O. The van der Waals surface area contributed by atoms with Crippen LogP contribution in [0.3, 0.4) is 0 Å². The predicted molar refractivity (Wildman–Crippen MR) is 68.1 cm³/mol. The molecule has 0 aliphatic carbocycles. The molecule has 16 heavy (non-hydrogen) atoms. The molecular formula is C12H25NO2S. The van der Waals surface area contributed by atoms with Gasteiger partial charge in [-0.2, -0.15) is 0 Å². The zero-order valence-electron chi connectivity index (χ0n) is 10.5. The Labute approximate surface area is 99.7 Å². The van der Waals surface area contributed by atoms with Crippen LogP contribution in [0.4, 0.5) is 0 Å². The number of hydrogen-bond acceptors (Lipinski definition) is 3. The average Bonchev–Trinajstić information content (AvgIpc) is 2.24. The van der Waals surface area contributed by atoms with Gasteiger partial charge in [-0.05, 0) is 25.2 Å². The van der Waals surface area contributed by atoms with E-state index in [4.69, 9.17) is 5.73 Å². The summed E-state index contributed by atoms with van der Waals surface area (Å²) in [5, 5.41) is -0.276. The normalized spacial score (nSPS) is 26.9. The topological polar surface area (TPSA) is 60.2 Å². The van der Waals surface area contributed by atoms with Crippen molar-refractivity contribution >= 4 is 9.84 Å². The van der Waals surface area contributed by atoms with Crippen molar-refractivity contribution in [2.24, 2.45) is 11.7 Å². The lowest BCUT2D eigenvalue weighted by Gasteiger charge is -2.29. The Morgan fingerprint density at radius 1 is 1.25 bits per heavy atom. The van der Waals surface area contributed by atoms with E-state index in [-0.39, 0.29) is 11.3 Å². The van der Waals surface area contributed by atoms with E-state index in [0.717, 1.165) is 38.5 Å². The van der Waals surface area contributed by atoms with E-state index < -0.39 is 9.84 Å². The Bertz CT molecular complexity index is 296. The average molecular weight is 247 g/mol. The van der Waals surface area contributed by atoms with E-state index in [1.165, 1.54) is 0 Å². The molecule has 0 spiro atoms. The zero-order chi connectivity index (χ0) is 12.2. The second kappa shape index (κ2) is 6.01. The fraction of sp³-hybridized carbons (Fsp3) is 1.00. The van der Waals surface area contributed by atoms with Crippen molar-refractivity contribution < 1.29 is 8.42 Å². The van der Waals surface area contributed by atoms with Crippen molar-refractivity contribution in [3.05, 3.63) is 0 Å². The number of rotatable bonds is 5. The first kappa shape index (κ1) is 14.0. The molecule has 1 rings (SSSR count). The van der Waals surface area contributed by atoms with Gasteiger partial charge in [0.25, 0.3) is 0 Å². The molecule has 0 saturated carbocycles. The van der Waals surface area contributed by atoms with Gasteiger partial charge in [-0.25, -0.2) is 8.42 Å². The Balaban J connectivity index is 2.61. The summed E-state index contributed by atoms with van der Waals surface area (Å²) in [5.74, 6) is 0.918. The van der Waals surface area contributed by atoms with Crippen molar-refractivity contribution in [3.63, 3.8) is 0 Å². The standard InChI is InChI=1S/C12H25NO2S/c1-3-10(4-2)9-11(13)12-7-5-6-8-16(12,14)15/h10-12H,3-9,13H2,1-2H3. The minimum Gasteiger partial charge on any atom is -0.327 e. The van der Waals surface area contributed by atoms with Crippen molar-refractivity contribution in [3.8, 4) is 0 Å². The highest BCUT2D eigenvalue weighted by Crippen LogP contribution is 2.25. The Kier molecular flexibility index (Phi) is 5.25. The minimum atomic E-state index is -2.91. The van der Waals surface area contributed by atoms with E-state index in [2.05, 4.69) is 13.8 Å². The van der Waals surface area contributed by atoms with E-state index >= 15 is 0 Å². The molecule has 1 heterocycles. The Hall–Kier alpha value is -0.0900. The van der Waals surface area contributed by atoms with Gasteiger partial charge in [0, 0.05) is 6.04 Å². The smallest absolute Gasteiger partial charge is 0.154 e. The van der Waals surface area contributed by atoms with Gasteiger partial charge in [-0.1, -0.05) is 33.1 Å². The lowest BCUT2D eigenvalue weighted by Crippen LogP contribution is -2.44. The summed E-state index contributed by atoms with van der Waals surface area (Å²) >= 11 is 0. The minimum absolute atomic E-state index is 0.157. The summed E-state index contributed by atoms with van der Waals surface area (Å²) in [7, 11) is -2.91. The summed E-state index contributed by atoms with van der Waals surface area (Å²) in [4.78, 5) is 0. The third-order valence-corrected chi connectivity index (χ3v) is 6.23. The number of nitrogens with two attached hydrogens (primary N) is 1. The molecule has 3 nitrogen and oxygen atoms in total. The van der Waals surface area contributed by atoms with Crippen LogP contribution in [0.5, 0.6) is 0 Å². The lowest BCUT2D eigenvalue weighted by atomic mass is 9.92. The van der Waals surface area contributed by atoms with E-state index in [9.17, 15) is 8.42 Å². The molecule has 1 fully saturated rings. The first-order valence-electron chi connectivity index (χ1n) is 6.48. The van der Waals surface area contributed by atoms with Crippen LogP contribution in [0.1, 0.15) is 52.4 Å². The quantitative estimate of drug-likeness (QED) is 0.809. The lowest BCUT2D eigenvalue weighted by molar-refractivity contribution is 0.383. The molecule has 2 atom stereocenters. The van der Waals surface area contributed by atoms with Gasteiger partial charge in [0.1, 0.15) is 0 Å². The van der Waals surface area contributed by atoms with Crippen LogP contribution >= 0.6 is 0 Å². The van der Waals surface area contributed by atoms with Crippen LogP contribution in [0.2, 0.25) is 0 Å². The van der Waals surface area contributed by atoms with Gasteiger partial charge >= 0.3 is 0 Å². The van der Waals surface area contributed by atoms with Crippen molar-refractivity contribution in [2.75, 3.05) is 5.75 Å². The van der Waals surface area contributed by atoms with Crippen molar-refractivity contribution in [1.82, 2.24) is 0 Å². The molecular weight excluding hydrogens is 222 g/mol. The molecule has 96 valence electrons. The van der Waals surface area contributed by atoms with Gasteiger partial charge < -0.3 is 5.73 Å². The van der Waals surface area contributed by atoms with Crippen LogP contribution in [0.15, 0.2) is 0 Å². The van der Waals surface area contributed by atoms with Crippen molar-refractivity contribution in [2.45, 2.75) is 63.7 Å². The maximum Gasteiger partial charge on any atom is 0.154 e. The maximum atomic E-state index is 11.9. The summed E-state index contributed by atoms with van der Waals surface area (Å²) in [6.45, 7) is 4.30. The Morgan fingerprint density at radius 2 is 1.88 bits per heavy atom. The molecule has 0 aromatic rings. The maximum absolute atomic E-state index is 11.9. The van der Waals surface area contributed by atoms with Gasteiger partial charge in [-0.15, -0.1) is 0 Å². The molecule has 1 aliphatic heterocycles. The molecule has 4 heteroatoms. The largest absolute Gasteiger partial charge is 0.327 e. The summed E-state index contributed by atoms with van der Waals surface area (Å²) in [6, 6.07) is -0.157. The third-order valence-electron chi connectivity index (χ3n) is 3.87. The molecule has 0 amide bonds. The molecule has 2 N–H and O–H groups in total. The molecule has 0 aromatic heterocycles. The molecule has 0 radical (unpaired) electrons. The molecule has 0 bridgehead atoms. The van der Waals surface area contributed by atoms with Crippen LogP contribution in [0, 0.1) is 5.92 Å². The highest BCUT2D eigenvalue weighted by atomic mass is 32.2. The van der Waals surface area contributed by atoms with Crippen LogP contribution in [-0.2, 0) is 9.84 Å². The third kappa shape index (κ3) is 3.45. The predicted octanol–water partition coefficient (Wildman–Crippen LogP) is 2.11. The second-order valence-electron chi connectivity index (χ2n) is 4.98. The first-order valence-corrected chi connectivity index (χ1v) is 8.20. The van der Waals surface area contributed by atoms with E-state index in [1.807, 2.05) is 0 Å². The molecule has 1 aliphatic rings. The Morgan fingerprint density at radius 3 is 2.38 bits per heavy atom. The van der Waals surface area contributed by atoms with Crippen molar-refractivity contribution in [1.29, 1.82) is 0 Å². The fourth-order valence-electron chi connectivity index (χ4n) is 2.62. The molecule has 2 unspecified atom stereocenters. The van der Waals surface area contributed by atoms with Gasteiger partial charge in [-0.3, -0.25) is 0 Å². The second-order valence-corrected chi connectivity index (χ2v) is 7.32. The zero-order valence-corrected chi connectivity index (χ0v) is 11.3. The first-order chi connectivity index (χ1) is 7.51. The van der Waals surface area contributed by atoms with Crippen LogP contribution in [-0.4, -0.2) is 25.5 Å². The molecule has 0 aromatic carbocycles. The highest BCUT2D eigenvalue weighted by Gasteiger charge is 2.34. The fourth-order valence-corrected chi connectivity index (χ4v) is 4.70. The molecule has 1 saturated heterocycles. The van der Waals surface area contributed by atoms with Crippen LogP contribution < -0.4 is 5.73 Å².